The van der Waals surface area contributed by atoms with Crippen LogP contribution >= 0.6 is 0 Å². The number of rotatable bonds is 1. The first-order valence-corrected chi connectivity index (χ1v) is 4.70. The maximum Gasteiger partial charge on any atom is 0.343 e. The van der Waals surface area contributed by atoms with Gasteiger partial charge in [-0.15, -0.1) is 0 Å². The molecule has 2 aromatic heterocycles. The molecule has 0 amide bonds. The summed E-state index contributed by atoms with van der Waals surface area (Å²) in [5.41, 5.74) is 0.945. The Morgan fingerprint density at radius 2 is 2.25 bits per heavy atom. The number of aromatic nitrogens is 2. The highest BCUT2D eigenvalue weighted by Gasteiger charge is 2.12. The van der Waals surface area contributed by atoms with Crippen LogP contribution in [0.5, 0.6) is 0 Å². The monoisotopic (exact) mass is 218 g/mol. The van der Waals surface area contributed by atoms with Gasteiger partial charge in [-0.25, -0.2) is 4.79 Å². The second-order valence-electron chi connectivity index (χ2n) is 3.36. The van der Waals surface area contributed by atoms with E-state index in [0.717, 1.165) is 11.1 Å². The van der Waals surface area contributed by atoms with E-state index < -0.39 is 11.5 Å². The first-order chi connectivity index (χ1) is 7.63. The smallest absolute Gasteiger partial charge is 0.343 e. The molecular weight excluding hydrogens is 208 g/mol. The van der Waals surface area contributed by atoms with E-state index >= 15 is 0 Å². The molecule has 0 saturated carbocycles. The Morgan fingerprint density at radius 1 is 1.50 bits per heavy atom. The molecule has 0 radical (unpaired) electrons. The van der Waals surface area contributed by atoms with E-state index in [1.807, 2.05) is 6.92 Å². The van der Waals surface area contributed by atoms with Gasteiger partial charge in [0, 0.05) is 17.3 Å². The van der Waals surface area contributed by atoms with Gasteiger partial charge in [-0.2, -0.15) is 0 Å². The number of nitrogens with one attached hydrogen (secondary N) is 1. The zero-order chi connectivity index (χ0) is 11.7. The summed E-state index contributed by atoms with van der Waals surface area (Å²) in [7, 11) is 1.24. The molecule has 5 nitrogen and oxygen atoms in total. The number of hydrogen-bond acceptors (Lipinski definition) is 4. The van der Waals surface area contributed by atoms with E-state index in [-0.39, 0.29) is 5.56 Å². The Bertz CT molecular complexity index is 616. The highest BCUT2D eigenvalue weighted by molar-refractivity contribution is 5.93. The summed E-state index contributed by atoms with van der Waals surface area (Å²) in [5, 5.41) is 0.738. The second-order valence-corrected chi connectivity index (χ2v) is 3.36. The summed E-state index contributed by atoms with van der Waals surface area (Å²) in [4.78, 5) is 29.6. The molecule has 0 saturated heterocycles. The van der Waals surface area contributed by atoms with Crippen molar-refractivity contribution in [1.82, 2.24) is 9.97 Å². The molecule has 0 aromatic carbocycles. The minimum absolute atomic E-state index is 0.00824. The van der Waals surface area contributed by atoms with Gasteiger partial charge in [-0.1, -0.05) is 0 Å². The Morgan fingerprint density at radius 3 is 2.94 bits per heavy atom. The summed E-state index contributed by atoms with van der Waals surface area (Å²) in [5.74, 6) is -0.647. The van der Waals surface area contributed by atoms with Crippen molar-refractivity contribution in [2.24, 2.45) is 0 Å². The lowest BCUT2D eigenvalue weighted by molar-refractivity contribution is 0.0599. The van der Waals surface area contributed by atoms with Crippen molar-refractivity contribution in [3.63, 3.8) is 0 Å². The molecule has 2 aromatic rings. The van der Waals surface area contributed by atoms with Crippen LogP contribution in [0.4, 0.5) is 0 Å². The molecule has 0 unspecified atom stereocenters. The molecule has 16 heavy (non-hydrogen) atoms. The quantitative estimate of drug-likeness (QED) is 0.725. The van der Waals surface area contributed by atoms with Crippen molar-refractivity contribution in [2.75, 3.05) is 7.11 Å². The van der Waals surface area contributed by atoms with Crippen molar-refractivity contribution in [3.8, 4) is 0 Å². The van der Waals surface area contributed by atoms with Crippen LogP contribution in [0.3, 0.4) is 0 Å². The van der Waals surface area contributed by atoms with Crippen LogP contribution < -0.4 is 5.56 Å². The van der Waals surface area contributed by atoms with E-state index in [9.17, 15) is 9.59 Å². The fourth-order valence-electron chi connectivity index (χ4n) is 1.53. The van der Waals surface area contributed by atoms with Gasteiger partial charge < -0.3 is 9.72 Å². The average molecular weight is 218 g/mol. The van der Waals surface area contributed by atoms with Gasteiger partial charge in [0.25, 0.3) is 5.56 Å². The van der Waals surface area contributed by atoms with Gasteiger partial charge in [0.15, 0.2) is 0 Å². The normalized spacial score (nSPS) is 10.4. The molecule has 2 heterocycles. The number of pyridine rings is 2. The van der Waals surface area contributed by atoms with Crippen LogP contribution in [0.2, 0.25) is 0 Å². The van der Waals surface area contributed by atoms with Gasteiger partial charge >= 0.3 is 5.97 Å². The summed E-state index contributed by atoms with van der Waals surface area (Å²) in [6, 6.07) is 3.19. The summed E-state index contributed by atoms with van der Waals surface area (Å²) < 4.78 is 4.53. The molecule has 0 fully saturated rings. The zero-order valence-corrected chi connectivity index (χ0v) is 8.90. The Labute approximate surface area is 91.1 Å². The molecule has 0 aliphatic carbocycles. The summed E-state index contributed by atoms with van der Waals surface area (Å²) >= 11 is 0. The number of methoxy groups -OCH3 is 1. The van der Waals surface area contributed by atoms with Gasteiger partial charge in [-0.05, 0) is 19.1 Å². The maximum absolute atomic E-state index is 11.6. The second kappa shape index (κ2) is 3.77. The molecular formula is C11H10N2O3. The molecule has 0 atom stereocenters. The van der Waals surface area contributed by atoms with Crippen LogP contribution in [-0.4, -0.2) is 23.0 Å². The summed E-state index contributed by atoms with van der Waals surface area (Å²) in [6.07, 6.45) is 1.60. The Hall–Kier alpha value is -2.17. The average Bonchev–Trinajstić information content (AvgIpc) is 2.28. The third-order valence-electron chi connectivity index (χ3n) is 2.38. The molecule has 82 valence electrons. The van der Waals surface area contributed by atoms with Gasteiger partial charge in [-0.3, -0.25) is 9.78 Å². The van der Waals surface area contributed by atoms with Gasteiger partial charge in [0.2, 0.25) is 0 Å². The number of aromatic amines is 1. The molecule has 0 bridgehead atoms. The Balaban J connectivity index is 2.79. The number of ether oxygens (including phenoxy) is 1. The molecule has 0 aliphatic rings. The first-order valence-electron chi connectivity index (χ1n) is 4.70. The number of hydrogen-bond donors (Lipinski definition) is 1. The lowest BCUT2D eigenvalue weighted by atomic mass is 10.1. The lowest BCUT2D eigenvalue weighted by Gasteiger charge is -2.03. The third kappa shape index (κ3) is 1.56. The van der Waals surface area contributed by atoms with E-state index in [2.05, 4.69) is 14.7 Å². The molecule has 2 rings (SSSR count). The minimum Gasteiger partial charge on any atom is -0.465 e. The minimum atomic E-state index is -0.647. The maximum atomic E-state index is 11.6. The van der Waals surface area contributed by atoms with E-state index in [0.29, 0.717) is 5.52 Å². The first kappa shape index (κ1) is 10.4. The van der Waals surface area contributed by atoms with Crippen LogP contribution in [0.25, 0.3) is 10.9 Å². The van der Waals surface area contributed by atoms with Gasteiger partial charge in [0.05, 0.1) is 12.6 Å². The number of esters is 1. The number of H-pyrrole nitrogens is 1. The highest BCUT2D eigenvalue weighted by Crippen LogP contribution is 2.13. The fraction of sp³-hybridized carbons (Fsp3) is 0.182. The number of aryl methyl sites for hydroxylation is 1. The number of fused-ring (bicyclic) bond motifs is 1. The predicted octanol–water partition coefficient (Wildman–Crippen LogP) is 1.02. The zero-order valence-electron chi connectivity index (χ0n) is 8.90. The Kier molecular flexibility index (Phi) is 2.44. The van der Waals surface area contributed by atoms with Crippen molar-refractivity contribution in [2.45, 2.75) is 6.92 Å². The molecule has 0 spiro atoms. The van der Waals surface area contributed by atoms with E-state index in [4.69, 9.17) is 0 Å². The van der Waals surface area contributed by atoms with Gasteiger partial charge in [0.1, 0.15) is 5.56 Å². The van der Waals surface area contributed by atoms with Crippen molar-refractivity contribution < 1.29 is 9.53 Å². The topological polar surface area (TPSA) is 72.0 Å². The van der Waals surface area contributed by atoms with E-state index in [1.165, 1.54) is 13.2 Å². The van der Waals surface area contributed by atoms with Crippen molar-refractivity contribution in [1.29, 1.82) is 0 Å². The SMILES string of the molecule is COC(=O)c1cc2c(C)nccc2[nH]c1=O. The number of nitrogens with zero attached hydrogens (tertiary/aromatic N) is 1. The molecule has 5 heteroatoms. The van der Waals surface area contributed by atoms with E-state index in [1.54, 1.807) is 12.3 Å². The van der Waals surface area contributed by atoms with Crippen LogP contribution in [0, 0.1) is 6.92 Å². The van der Waals surface area contributed by atoms with Crippen molar-refractivity contribution >= 4 is 16.9 Å². The fourth-order valence-corrected chi connectivity index (χ4v) is 1.53. The lowest BCUT2D eigenvalue weighted by Crippen LogP contribution is -2.18. The number of carbonyl (C=O) groups excluding carboxylic acids is 1. The molecule has 0 aliphatic heterocycles. The molecule has 1 N–H and O–H groups in total. The van der Waals surface area contributed by atoms with Crippen LogP contribution in [0.1, 0.15) is 16.1 Å². The largest absolute Gasteiger partial charge is 0.465 e. The summed E-state index contributed by atoms with van der Waals surface area (Å²) in [6.45, 7) is 1.81. The highest BCUT2D eigenvalue weighted by atomic mass is 16.5. The van der Waals surface area contributed by atoms with Crippen LogP contribution in [0.15, 0.2) is 23.1 Å². The van der Waals surface area contributed by atoms with Crippen LogP contribution in [-0.2, 0) is 4.74 Å². The predicted molar refractivity (Wildman–Crippen MR) is 58.4 cm³/mol. The number of carbonyl (C=O) groups is 1. The van der Waals surface area contributed by atoms with Crippen molar-refractivity contribution in [3.05, 3.63) is 39.9 Å². The standard InChI is InChI=1S/C11H10N2O3/c1-6-7-5-8(11(15)16-2)10(14)13-9(7)3-4-12-6/h3-5H,1-2H3,(H,13,14). The third-order valence-corrected chi connectivity index (χ3v) is 2.38.